The Morgan fingerprint density at radius 2 is 1.68 bits per heavy atom. The molecular formula is C13H8BF4K2NO4. The zero-order valence-corrected chi connectivity index (χ0v) is 19.9. The van der Waals surface area contributed by atoms with Crippen LogP contribution in [-0.2, 0) is 4.79 Å². The number of rotatable bonds is 1. The van der Waals surface area contributed by atoms with Crippen LogP contribution in [0.1, 0.15) is 12.0 Å². The molecule has 122 valence electrons. The first-order valence-corrected chi connectivity index (χ1v) is 6.28. The maximum atomic E-state index is 13.9. The summed E-state index contributed by atoms with van der Waals surface area (Å²) in [6.07, 6.45) is -0.166. The molecule has 1 aliphatic rings. The second-order valence-corrected chi connectivity index (χ2v) is 4.96. The first-order chi connectivity index (χ1) is 10.6. The van der Waals surface area contributed by atoms with Crippen LogP contribution >= 0.6 is 0 Å². The largest absolute Gasteiger partial charge is 1.00 e. The molecule has 0 spiro atoms. The van der Waals surface area contributed by atoms with Crippen molar-refractivity contribution in [2.75, 3.05) is 13.6 Å². The Kier molecular flexibility index (Phi) is 10.6. The van der Waals surface area contributed by atoms with Gasteiger partial charge in [0.2, 0.25) is 5.60 Å². The van der Waals surface area contributed by atoms with E-state index in [1.807, 2.05) is 5.92 Å². The van der Waals surface area contributed by atoms with Crippen LogP contribution in [0.25, 0.3) is 0 Å². The van der Waals surface area contributed by atoms with E-state index in [-0.39, 0.29) is 116 Å². The number of amides is 1. The Bertz CT molecular complexity index is 756. The van der Waals surface area contributed by atoms with Crippen LogP contribution in [0.5, 0.6) is 0 Å². The quantitative estimate of drug-likeness (QED) is 0.165. The van der Waals surface area contributed by atoms with Crippen LogP contribution < -0.4 is 118 Å². The Labute approximate surface area is 226 Å². The molecule has 1 heterocycles. The molecule has 0 unspecified atom stereocenters. The molecule has 12 heteroatoms. The average molecular weight is 407 g/mol. The van der Waals surface area contributed by atoms with Gasteiger partial charge in [0, 0.05) is 20.0 Å². The van der Waals surface area contributed by atoms with E-state index < -0.39 is 52.9 Å². The first kappa shape index (κ1) is 26.2. The summed E-state index contributed by atoms with van der Waals surface area (Å²) in [6, 6.07) is 0. The zero-order valence-electron chi connectivity index (χ0n) is 13.6. The molecule has 0 aliphatic carbocycles. The van der Waals surface area contributed by atoms with Crippen molar-refractivity contribution < 1.29 is 140 Å². The molecule has 0 aromatic heterocycles. The van der Waals surface area contributed by atoms with Gasteiger partial charge < -0.3 is 20.1 Å². The third kappa shape index (κ3) is 5.17. The van der Waals surface area contributed by atoms with Crippen molar-refractivity contribution in [3.63, 3.8) is 0 Å². The van der Waals surface area contributed by atoms with Gasteiger partial charge in [-0.1, -0.05) is 24.4 Å². The molecule has 1 aromatic rings. The normalized spacial score (nSPS) is 18.9. The third-order valence-corrected chi connectivity index (χ3v) is 3.44. The van der Waals surface area contributed by atoms with Crippen LogP contribution in [0.3, 0.4) is 0 Å². The number of halogens is 4. The maximum Gasteiger partial charge on any atom is 1.00 e. The van der Waals surface area contributed by atoms with Gasteiger partial charge in [-0.25, -0.2) is 17.6 Å². The van der Waals surface area contributed by atoms with Gasteiger partial charge in [0.15, 0.2) is 17.5 Å². The fourth-order valence-corrected chi connectivity index (χ4v) is 2.10. The van der Waals surface area contributed by atoms with Crippen molar-refractivity contribution in [1.29, 1.82) is 0 Å². The molecule has 0 saturated carbocycles. The first-order valence-electron chi connectivity index (χ1n) is 6.28. The summed E-state index contributed by atoms with van der Waals surface area (Å²) in [7, 11) is -1.88. The fourth-order valence-electron chi connectivity index (χ4n) is 2.10. The van der Waals surface area contributed by atoms with Gasteiger partial charge in [0.1, 0.15) is 5.82 Å². The van der Waals surface area contributed by atoms with Gasteiger partial charge >= 0.3 is 103 Å². The van der Waals surface area contributed by atoms with Gasteiger partial charge in [-0.15, -0.1) is 0 Å². The number of likely N-dealkylation sites (tertiary alicyclic amines) is 1. The summed E-state index contributed by atoms with van der Waals surface area (Å²) in [5.41, 5.74) is -5.38. The van der Waals surface area contributed by atoms with Crippen molar-refractivity contribution in [2.45, 2.75) is 12.0 Å². The fraction of sp³-hybridized carbons (Fsp3) is 0.308. The van der Waals surface area contributed by atoms with Crippen molar-refractivity contribution >= 4 is 18.5 Å². The van der Waals surface area contributed by atoms with Crippen LogP contribution in [0.4, 0.5) is 17.6 Å². The van der Waals surface area contributed by atoms with Gasteiger partial charge in [-0.05, 0) is 0 Å². The van der Waals surface area contributed by atoms with Crippen LogP contribution in [0.15, 0.2) is 0 Å². The molecule has 1 aliphatic heterocycles. The van der Waals surface area contributed by atoms with E-state index in [1.54, 1.807) is 5.92 Å². The van der Waals surface area contributed by atoms with Crippen molar-refractivity contribution in [3.8, 4) is 11.8 Å². The van der Waals surface area contributed by atoms with Gasteiger partial charge in [-0.3, -0.25) is 4.79 Å². The molecular weight excluding hydrogens is 399 g/mol. The van der Waals surface area contributed by atoms with E-state index >= 15 is 0 Å². The number of benzene rings is 1. The average Bonchev–Trinajstić information content (AvgIpc) is 2.73. The molecule has 1 atom stereocenters. The van der Waals surface area contributed by atoms with Crippen molar-refractivity contribution in [3.05, 3.63) is 28.8 Å². The molecule has 0 bridgehead atoms. The molecule has 1 fully saturated rings. The third-order valence-electron chi connectivity index (χ3n) is 3.44. The summed E-state index contributed by atoms with van der Waals surface area (Å²) in [5, 5.41) is 31.4. The van der Waals surface area contributed by atoms with Gasteiger partial charge in [0.25, 0.3) is 5.91 Å². The number of hydrogen-bond acceptors (Lipinski definition) is 4. The number of aliphatic hydroxyl groups is 1. The molecule has 5 nitrogen and oxygen atoms in total. The van der Waals surface area contributed by atoms with E-state index in [4.69, 9.17) is 0 Å². The monoisotopic (exact) mass is 407 g/mol. The summed E-state index contributed by atoms with van der Waals surface area (Å²) < 4.78 is 54.1. The van der Waals surface area contributed by atoms with E-state index in [9.17, 15) is 37.5 Å². The molecule has 1 saturated heterocycles. The van der Waals surface area contributed by atoms with E-state index in [2.05, 4.69) is 0 Å². The molecule has 0 radical (unpaired) electrons. The summed E-state index contributed by atoms with van der Waals surface area (Å²) in [5.74, 6) is -5.71. The Morgan fingerprint density at radius 3 is 2.12 bits per heavy atom. The molecule has 1 N–H and O–H groups in total. The SMILES string of the molecule is CN1CC[C@@](O)(C#Cc2c(F)c(F)c(F)c(B([O-])[O-])c2F)C1=O.[K+].[K+]. The second-order valence-electron chi connectivity index (χ2n) is 4.96. The van der Waals surface area contributed by atoms with Crippen LogP contribution in [-0.4, -0.2) is 42.2 Å². The van der Waals surface area contributed by atoms with Crippen molar-refractivity contribution in [1.82, 2.24) is 4.90 Å². The molecule has 2 rings (SSSR count). The van der Waals surface area contributed by atoms with Crippen LogP contribution in [0.2, 0.25) is 0 Å². The summed E-state index contributed by atoms with van der Waals surface area (Å²) >= 11 is 0. The standard InChI is InChI=1S/C13H8BF4NO4.2K/c1-19-5-4-13(21,12(19)20)3-2-6-8(15)7(14(22)23)10(17)11(18)9(6)16;;/h21H,4-5H2,1H3;;/q-2;2*+1/t13-;;/m0../s1. The number of nitrogens with zero attached hydrogens (tertiary/aromatic N) is 1. The smallest absolute Gasteiger partial charge is 0.889 e. The Morgan fingerprint density at radius 1 is 1.12 bits per heavy atom. The van der Waals surface area contributed by atoms with Crippen LogP contribution in [0, 0.1) is 35.1 Å². The van der Waals surface area contributed by atoms with Crippen molar-refractivity contribution in [2.24, 2.45) is 0 Å². The number of carbonyl (C=O) groups excluding carboxylic acids is 1. The van der Waals surface area contributed by atoms with E-state index in [0.717, 1.165) is 4.90 Å². The van der Waals surface area contributed by atoms with Gasteiger partial charge in [0.05, 0.1) is 5.56 Å². The summed E-state index contributed by atoms with van der Waals surface area (Å²) in [4.78, 5) is 12.8. The predicted octanol–water partition coefficient (Wildman–Crippen LogP) is -8.39. The minimum atomic E-state index is -3.24. The Hall–Kier alpha value is 1.19. The topological polar surface area (TPSA) is 86.7 Å². The minimum absolute atomic E-state index is 0. The zero-order chi connectivity index (χ0) is 17.5. The van der Waals surface area contributed by atoms with E-state index in [1.165, 1.54) is 7.05 Å². The second kappa shape index (κ2) is 10.1. The maximum absolute atomic E-state index is 13.9. The molecule has 1 aromatic carbocycles. The van der Waals surface area contributed by atoms with Gasteiger partial charge in [-0.2, -0.15) is 0 Å². The van der Waals surface area contributed by atoms with E-state index in [0.29, 0.717) is 0 Å². The number of carbonyl (C=O) groups is 1. The number of hydrogen-bond donors (Lipinski definition) is 1. The number of likely N-dealkylation sites (N-methyl/N-ethyl adjacent to an activating group) is 1. The Balaban J connectivity index is 0.00000288. The molecule has 1 amide bonds. The summed E-state index contributed by atoms with van der Waals surface area (Å²) in [6.45, 7) is 0.126. The predicted molar refractivity (Wildman–Crippen MR) is 65.7 cm³/mol. The minimum Gasteiger partial charge on any atom is -0.889 e. The molecule has 25 heavy (non-hydrogen) atoms.